The van der Waals surface area contributed by atoms with E-state index in [1.165, 1.54) is 16.1 Å². The van der Waals surface area contributed by atoms with Crippen molar-refractivity contribution in [1.82, 2.24) is 4.57 Å². The maximum absolute atomic E-state index is 5.43. The van der Waals surface area contributed by atoms with Gasteiger partial charge in [-0.1, -0.05) is 5.16 Å². The van der Waals surface area contributed by atoms with Crippen LogP contribution >= 0.6 is 11.3 Å². The zero-order valence-corrected chi connectivity index (χ0v) is 11.0. The average molecular weight is 261 g/mol. The predicted molar refractivity (Wildman–Crippen MR) is 73.6 cm³/mol. The lowest BCUT2D eigenvalue weighted by Gasteiger charge is -2.00. The van der Waals surface area contributed by atoms with Gasteiger partial charge in [0, 0.05) is 6.20 Å². The highest BCUT2D eigenvalue weighted by molar-refractivity contribution is 7.13. The van der Waals surface area contributed by atoms with E-state index in [1.54, 1.807) is 11.3 Å². The molecule has 2 N–H and O–H groups in total. The molecule has 0 aliphatic carbocycles. The van der Waals surface area contributed by atoms with Crippen LogP contribution < -0.4 is 5.73 Å². The van der Waals surface area contributed by atoms with Gasteiger partial charge in [-0.15, -0.1) is 11.3 Å². The molecule has 18 heavy (non-hydrogen) atoms. The number of oxime groups is 1. The molecule has 1 aliphatic heterocycles. The number of aromatic nitrogens is 1. The van der Waals surface area contributed by atoms with Crippen molar-refractivity contribution in [1.29, 1.82) is 0 Å². The molecule has 0 spiro atoms. The zero-order chi connectivity index (χ0) is 12.5. The fourth-order valence-electron chi connectivity index (χ4n) is 2.14. The highest BCUT2D eigenvalue weighted by atomic mass is 32.1. The molecule has 0 unspecified atom stereocenters. The molecule has 2 aromatic heterocycles. The molecular weight excluding hydrogens is 246 g/mol. The smallest absolute Gasteiger partial charge is 0.146 e. The standard InChI is InChI=1S/C13H15N3OS/c1-9-8-18-13-11(15-17-7-3-5-14)10-4-2-6-16(10)12(9)13/h2,4,6,8H,3,5,7,14H2,1H3/b15-11-. The minimum Gasteiger partial charge on any atom is -0.395 e. The molecule has 0 aromatic carbocycles. The quantitative estimate of drug-likeness (QED) is 0.578. The Morgan fingerprint density at radius 1 is 1.50 bits per heavy atom. The van der Waals surface area contributed by atoms with Crippen LogP contribution in [0.4, 0.5) is 0 Å². The average Bonchev–Trinajstić information content (AvgIpc) is 3.00. The Morgan fingerprint density at radius 3 is 3.22 bits per heavy atom. The Hall–Kier alpha value is -1.59. The highest BCUT2D eigenvalue weighted by Crippen LogP contribution is 2.35. The molecular formula is C13H15N3OS. The minimum atomic E-state index is 0.570. The van der Waals surface area contributed by atoms with Crippen molar-refractivity contribution in [3.8, 4) is 5.69 Å². The van der Waals surface area contributed by atoms with Crippen molar-refractivity contribution in [3.05, 3.63) is 39.8 Å². The lowest BCUT2D eigenvalue weighted by Crippen LogP contribution is -2.04. The third kappa shape index (κ3) is 1.67. The fourth-order valence-corrected chi connectivity index (χ4v) is 3.17. The van der Waals surface area contributed by atoms with E-state index in [9.17, 15) is 0 Å². The second-order valence-corrected chi connectivity index (χ2v) is 5.15. The van der Waals surface area contributed by atoms with Gasteiger partial charge in [-0.2, -0.15) is 0 Å². The fraction of sp³-hybridized carbons (Fsp3) is 0.308. The van der Waals surface area contributed by atoms with Crippen LogP contribution in [0.3, 0.4) is 0 Å². The highest BCUT2D eigenvalue weighted by Gasteiger charge is 2.28. The van der Waals surface area contributed by atoms with E-state index in [4.69, 9.17) is 10.6 Å². The molecule has 1 aliphatic rings. The molecule has 3 heterocycles. The number of hydrogen-bond acceptors (Lipinski definition) is 4. The number of thiophene rings is 1. The van der Waals surface area contributed by atoms with Crippen LogP contribution in [0.5, 0.6) is 0 Å². The van der Waals surface area contributed by atoms with Gasteiger partial charge in [0.1, 0.15) is 12.3 Å². The number of nitrogens with zero attached hydrogens (tertiary/aromatic N) is 2. The molecule has 2 aromatic rings. The van der Waals surface area contributed by atoms with Gasteiger partial charge in [0.05, 0.1) is 16.3 Å². The summed E-state index contributed by atoms with van der Waals surface area (Å²) >= 11 is 1.72. The van der Waals surface area contributed by atoms with Crippen molar-refractivity contribution >= 4 is 17.0 Å². The molecule has 3 rings (SSSR count). The minimum absolute atomic E-state index is 0.570. The Labute approximate surface area is 110 Å². The molecule has 0 amide bonds. The SMILES string of the molecule is Cc1csc2c1-n1cccc1/C2=N/OCCCN. The first-order valence-corrected chi connectivity index (χ1v) is 6.87. The van der Waals surface area contributed by atoms with E-state index in [1.807, 2.05) is 6.07 Å². The molecule has 0 atom stereocenters. The molecule has 0 bridgehead atoms. The van der Waals surface area contributed by atoms with Crippen molar-refractivity contribution in [2.45, 2.75) is 13.3 Å². The largest absolute Gasteiger partial charge is 0.395 e. The molecule has 0 saturated carbocycles. The number of rotatable bonds is 4. The topological polar surface area (TPSA) is 52.5 Å². The van der Waals surface area contributed by atoms with E-state index in [-0.39, 0.29) is 0 Å². The van der Waals surface area contributed by atoms with Gasteiger partial charge in [0.15, 0.2) is 0 Å². The summed E-state index contributed by atoms with van der Waals surface area (Å²) in [5.41, 5.74) is 9.99. The monoisotopic (exact) mass is 261 g/mol. The Morgan fingerprint density at radius 2 is 2.39 bits per heavy atom. The second kappa shape index (κ2) is 4.59. The van der Waals surface area contributed by atoms with Gasteiger partial charge in [0.2, 0.25) is 0 Å². The normalized spacial score (nSPS) is 14.9. The van der Waals surface area contributed by atoms with Crippen LogP contribution in [0, 0.1) is 6.92 Å². The summed E-state index contributed by atoms with van der Waals surface area (Å²) in [6.07, 6.45) is 2.89. The molecule has 0 saturated heterocycles. The first kappa shape index (κ1) is 11.5. The Kier molecular flexibility index (Phi) is 2.93. The summed E-state index contributed by atoms with van der Waals surface area (Å²) in [7, 11) is 0. The van der Waals surface area contributed by atoms with Crippen LogP contribution in [-0.4, -0.2) is 23.4 Å². The Balaban J connectivity index is 1.96. The third-order valence-electron chi connectivity index (χ3n) is 2.99. The van der Waals surface area contributed by atoms with Gasteiger partial charge in [0.25, 0.3) is 0 Å². The van der Waals surface area contributed by atoms with Gasteiger partial charge >= 0.3 is 0 Å². The maximum atomic E-state index is 5.43. The number of aryl methyl sites for hydroxylation is 1. The van der Waals surface area contributed by atoms with E-state index in [0.717, 1.165) is 17.8 Å². The molecule has 4 nitrogen and oxygen atoms in total. The number of fused-ring (bicyclic) bond motifs is 3. The van der Waals surface area contributed by atoms with E-state index >= 15 is 0 Å². The van der Waals surface area contributed by atoms with Crippen LogP contribution in [0.25, 0.3) is 5.69 Å². The summed E-state index contributed by atoms with van der Waals surface area (Å²) in [6, 6.07) is 4.10. The van der Waals surface area contributed by atoms with Crippen molar-refractivity contribution in [3.63, 3.8) is 0 Å². The lowest BCUT2D eigenvalue weighted by molar-refractivity contribution is 0.143. The van der Waals surface area contributed by atoms with E-state index in [0.29, 0.717) is 13.2 Å². The molecule has 0 radical (unpaired) electrons. The van der Waals surface area contributed by atoms with Gasteiger partial charge < -0.3 is 15.1 Å². The van der Waals surface area contributed by atoms with Crippen molar-refractivity contribution in [2.75, 3.05) is 13.2 Å². The van der Waals surface area contributed by atoms with Gasteiger partial charge in [-0.05, 0) is 43.0 Å². The van der Waals surface area contributed by atoms with Crippen molar-refractivity contribution in [2.24, 2.45) is 10.9 Å². The van der Waals surface area contributed by atoms with Crippen molar-refractivity contribution < 1.29 is 4.84 Å². The summed E-state index contributed by atoms with van der Waals surface area (Å²) in [5.74, 6) is 0. The second-order valence-electron chi connectivity index (χ2n) is 4.28. The molecule has 0 fully saturated rings. The van der Waals surface area contributed by atoms with E-state index < -0.39 is 0 Å². The summed E-state index contributed by atoms with van der Waals surface area (Å²) in [5, 5.41) is 6.44. The Bertz CT molecular complexity index is 597. The third-order valence-corrected chi connectivity index (χ3v) is 4.08. The first-order chi connectivity index (χ1) is 8.83. The van der Waals surface area contributed by atoms with Gasteiger partial charge in [-0.3, -0.25) is 0 Å². The van der Waals surface area contributed by atoms with Crippen LogP contribution in [0.2, 0.25) is 0 Å². The zero-order valence-electron chi connectivity index (χ0n) is 10.2. The van der Waals surface area contributed by atoms with Gasteiger partial charge in [-0.25, -0.2) is 0 Å². The maximum Gasteiger partial charge on any atom is 0.146 e. The molecule has 5 heteroatoms. The van der Waals surface area contributed by atoms with Crippen LogP contribution in [-0.2, 0) is 4.84 Å². The first-order valence-electron chi connectivity index (χ1n) is 5.99. The summed E-state index contributed by atoms with van der Waals surface area (Å²) in [4.78, 5) is 6.54. The number of nitrogens with two attached hydrogens (primary N) is 1. The van der Waals surface area contributed by atoms with E-state index in [2.05, 4.69) is 34.3 Å². The summed E-state index contributed by atoms with van der Waals surface area (Å²) < 4.78 is 2.17. The summed E-state index contributed by atoms with van der Waals surface area (Å²) in [6.45, 7) is 3.32. The number of hydrogen-bond donors (Lipinski definition) is 1. The molecule has 94 valence electrons. The van der Waals surface area contributed by atoms with Crippen LogP contribution in [0.1, 0.15) is 22.6 Å². The lowest BCUT2D eigenvalue weighted by atomic mass is 10.2. The van der Waals surface area contributed by atoms with Crippen LogP contribution in [0.15, 0.2) is 28.9 Å². The predicted octanol–water partition coefficient (Wildman–Crippen LogP) is 2.28.